The number of hydrogen-bond donors (Lipinski definition) is 0. The van der Waals surface area contributed by atoms with Gasteiger partial charge in [-0.1, -0.05) is 54.3 Å². The summed E-state index contributed by atoms with van der Waals surface area (Å²) in [6.07, 6.45) is 3.61. The van der Waals surface area contributed by atoms with Crippen LogP contribution in [-0.2, 0) is 14.8 Å². The Hall–Kier alpha value is -2.79. The zero-order valence-corrected chi connectivity index (χ0v) is 21.6. The molecule has 0 saturated carbocycles. The maximum Gasteiger partial charge on any atom is 0.266 e. The SMILES string of the molecule is CC(C)N1C(=O)C(=Cc2cn(-c3ccccc3)nc2-c2cccc(S(=O)(=O)N(C)C)c2)SC1=S. The number of rotatable bonds is 6. The zero-order chi connectivity index (χ0) is 24.6. The summed E-state index contributed by atoms with van der Waals surface area (Å²) in [6, 6.07) is 16.2. The number of thiocarbonyl (C=S) groups is 1. The highest BCUT2D eigenvalue weighted by molar-refractivity contribution is 8.26. The second-order valence-electron chi connectivity index (χ2n) is 8.17. The molecule has 1 aromatic heterocycles. The summed E-state index contributed by atoms with van der Waals surface area (Å²) in [7, 11) is -0.631. The van der Waals surface area contributed by atoms with Gasteiger partial charge in [0.05, 0.1) is 15.5 Å². The van der Waals surface area contributed by atoms with E-state index in [9.17, 15) is 13.2 Å². The lowest BCUT2D eigenvalue weighted by Crippen LogP contribution is -2.34. The third-order valence-corrected chi connectivity index (χ3v) is 8.42. The lowest BCUT2D eigenvalue weighted by molar-refractivity contribution is -0.123. The lowest BCUT2D eigenvalue weighted by atomic mass is 10.1. The monoisotopic (exact) mass is 512 g/mol. The van der Waals surface area contributed by atoms with Crippen molar-refractivity contribution < 1.29 is 13.2 Å². The normalized spacial score (nSPS) is 15.8. The Morgan fingerprint density at radius 2 is 1.79 bits per heavy atom. The molecule has 0 unspecified atom stereocenters. The Bertz CT molecular complexity index is 1390. The van der Waals surface area contributed by atoms with Crippen LogP contribution in [0, 0.1) is 0 Å². The van der Waals surface area contributed by atoms with Gasteiger partial charge in [-0.05, 0) is 44.2 Å². The zero-order valence-electron chi connectivity index (χ0n) is 19.2. The maximum atomic E-state index is 13.0. The van der Waals surface area contributed by atoms with Crippen LogP contribution in [0.25, 0.3) is 23.0 Å². The van der Waals surface area contributed by atoms with Crippen LogP contribution < -0.4 is 0 Å². The molecule has 2 aromatic carbocycles. The highest BCUT2D eigenvalue weighted by atomic mass is 32.2. The average molecular weight is 513 g/mol. The van der Waals surface area contributed by atoms with Crippen LogP contribution in [0.1, 0.15) is 19.4 Å². The Balaban J connectivity index is 1.86. The predicted molar refractivity (Wildman–Crippen MR) is 140 cm³/mol. The van der Waals surface area contributed by atoms with Gasteiger partial charge >= 0.3 is 0 Å². The molecular formula is C24H24N4O3S3. The standard InChI is InChI=1S/C24H24N4O3S3/c1-16(2)28-23(29)21(33-24(28)32)14-18-15-27(19-10-6-5-7-11-19)25-22(18)17-9-8-12-20(13-17)34(30,31)26(3)4/h5-16H,1-4H3. The Kier molecular flexibility index (Phi) is 6.77. The first-order chi connectivity index (χ1) is 16.1. The quantitative estimate of drug-likeness (QED) is 0.360. The first kappa shape index (κ1) is 24.3. The van der Waals surface area contributed by atoms with Crippen LogP contribution in [0.2, 0.25) is 0 Å². The molecule has 1 aliphatic heterocycles. The number of aromatic nitrogens is 2. The summed E-state index contributed by atoms with van der Waals surface area (Å²) in [5.74, 6) is -0.146. The highest BCUT2D eigenvalue weighted by Gasteiger charge is 2.34. The minimum Gasteiger partial charge on any atom is -0.290 e. The van der Waals surface area contributed by atoms with Crippen molar-refractivity contribution in [1.29, 1.82) is 0 Å². The number of para-hydroxylation sites is 1. The molecule has 2 heterocycles. The van der Waals surface area contributed by atoms with Gasteiger partial charge in [0.2, 0.25) is 10.0 Å². The molecule has 0 aliphatic carbocycles. The van der Waals surface area contributed by atoms with Crippen molar-refractivity contribution in [3.63, 3.8) is 0 Å². The van der Waals surface area contributed by atoms with E-state index in [-0.39, 0.29) is 16.8 Å². The van der Waals surface area contributed by atoms with Crippen molar-refractivity contribution in [3.8, 4) is 16.9 Å². The van der Waals surface area contributed by atoms with Crippen molar-refractivity contribution in [2.45, 2.75) is 24.8 Å². The molecule has 0 N–H and O–H groups in total. The number of carbonyl (C=O) groups is 1. The molecule has 1 aliphatic rings. The number of carbonyl (C=O) groups excluding carboxylic acids is 1. The van der Waals surface area contributed by atoms with Crippen LogP contribution in [0.4, 0.5) is 0 Å². The Labute approximate surface area is 209 Å². The molecule has 176 valence electrons. The van der Waals surface area contributed by atoms with Crippen LogP contribution in [-0.4, -0.2) is 57.8 Å². The average Bonchev–Trinajstić information content (AvgIpc) is 3.35. The molecule has 4 rings (SSSR count). The van der Waals surface area contributed by atoms with E-state index in [0.717, 1.165) is 5.69 Å². The van der Waals surface area contributed by atoms with E-state index < -0.39 is 10.0 Å². The molecule has 1 fully saturated rings. The molecular weight excluding hydrogens is 488 g/mol. The van der Waals surface area contributed by atoms with Gasteiger partial charge < -0.3 is 0 Å². The van der Waals surface area contributed by atoms with E-state index in [2.05, 4.69) is 0 Å². The van der Waals surface area contributed by atoms with E-state index in [0.29, 0.717) is 26.0 Å². The van der Waals surface area contributed by atoms with Crippen molar-refractivity contribution in [3.05, 3.63) is 71.3 Å². The smallest absolute Gasteiger partial charge is 0.266 e. The summed E-state index contributed by atoms with van der Waals surface area (Å²) < 4.78 is 28.8. The van der Waals surface area contributed by atoms with Gasteiger partial charge in [-0.15, -0.1) is 0 Å². The molecule has 0 spiro atoms. The number of hydrogen-bond acceptors (Lipinski definition) is 6. The van der Waals surface area contributed by atoms with Gasteiger partial charge in [0, 0.05) is 37.5 Å². The highest BCUT2D eigenvalue weighted by Crippen LogP contribution is 2.36. The fourth-order valence-corrected chi connectivity index (χ4v) is 5.97. The molecule has 1 saturated heterocycles. The number of sulfonamides is 1. The van der Waals surface area contributed by atoms with Gasteiger partial charge in [0.25, 0.3) is 5.91 Å². The summed E-state index contributed by atoms with van der Waals surface area (Å²) in [4.78, 5) is 15.3. The number of amides is 1. The predicted octanol–water partition coefficient (Wildman–Crippen LogP) is 4.40. The largest absolute Gasteiger partial charge is 0.290 e. The van der Waals surface area contributed by atoms with Crippen LogP contribution in [0.3, 0.4) is 0 Å². The Morgan fingerprint density at radius 3 is 2.41 bits per heavy atom. The molecule has 0 bridgehead atoms. The molecule has 7 nitrogen and oxygen atoms in total. The van der Waals surface area contributed by atoms with Crippen molar-refractivity contribution in [1.82, 2.24) is 19.0 Å². The second kappa shape index (κ2) is 9.46. The minimum absolute atomic E-state index is 0.0437. The first-order valence-electron chi connectivity index (χ1n) is 10.5. The molecule has 10 heteroatoms. The van der Waals surface area contributed by atoms with Gasteiger partial charge in [-0.2, -0.15) is 5.10 Å². The van der Waals surface area contributed by atoms with Crippen molar-refractivity contribution >= 4 is 50.3 Å². The summed E-state index contributed by atoms with van der Waals surface area (Å²) in [5, 5.41) is 4.76. The summed E-state index contributed by atoms with van der Waals surface area (Å²) in [6.45, 7) is 3.84. The molecule has 0 atom stereocenters. The van der Waals surface area contributed by atoms with E-state index in [1.54, 1.807) is 33.9 Å². The van der Waals surface area contributed by atoms with Gasteiger partial charge in [-0.25, -0.2) is 17.4 Å². The Morgan fingerprint density at radius 1 is 1.09 bits per heavy atom. The third-order valence-electron chi connectivity index (χ3n) is 5.28. The van der Waals surface area contributed by atoms with E-state index in [4.69, 9.17) is 17.3 Å². The third kappa shape index (κ3) is 4.58. The second-order valence-corrected chi connectivity index (χ2v) is 12.0. The first-order valence-corrected chi connectivity index (χ1v) is 13.2. The number of nitrogens with zero attached hydrogens (tertiary/aromatic N) is 4. The van der Waals surface area contributed by atoms with Crippen LogP contribution in [0.5, 0.6) is 0 Å². The number of benzene rings is 2. The van der Waals surface area contributed by atoms with E-state index in [1.807, 2.05) is 56.4 Å². The lowest BCUT2D eigenvalue weighted by Gasteiger charge is -2.18. The van der Waals surface area contributed by atoms with Crippen molar-refractivity contribution in [2.24, 2.45) is 0 Å². The van der Waals surface area contributed by atoms with Gasteiger partial charge in [-0.3, -0.25) is 9.69 Å². The molecule has 3 aromatic rings. The summed E-state index contributed by atoms with van der Waals surface area (Å²) in [5.41, 5.74) is 2.72. The molecule has 0 radical (unpaired) electrons. The minimum atomic E-state index is -3.62. The van der Waals surface area contributed by atoms with E-state index in [1.165, 1.54) is 30.2 Å². The fourth-order valence-electron chi connectivity index (χ4n) is 3.51. The topological polar surface area (TPSA) is 75.5 Å². The van der Waals surface area contributed by atoms with Gasteiger partial charge in [0.1, 0.15) is 10.0 Å². The molecule has 34 heavy (non-hydrogen) atoms. The molecule has 1 amide bonds. The fraction of sp³-hybridized carbons (Fsp3) is 0.208. The number of thioether (sulfide) groups is 1. The van der Waals surface area contributed by atoms with Crippen molar-refractivity contribution in [2.75, 3.05) is 14.1 Å². The van der Waals surface area contributed by atoms with Crippen LogP contribution in [0.15, 0.2) is 70.6 Å². The van der Waals surface area contributed by atoms with E-state index >= 15 is 0 Å². The summed E-state index contributed by atoms with van der Waals surface area (Å²) >= 11 is 6.67. The maximum absolute atomic E-state index is 13.0. The van der Waals surface area contributed by atoms with Crippen LogP contribution >= 0.6 is 24.0 Å². The van der Waals surface area contributed by atoms with Gasteiger partial charge in [0.15, 0.2) is 0 Å².